The third-order valence-corrected chi connectivity index (χ3v) is 11.1. The van der Waals surface area contributed by atoms with Crippen LogP contribution in [0.25, 0.3) is 33.3 Å². The molecule has 2 aromatic heterocycles. The molecule has 6 bridgehead atoms. The van der Waals surface area contributed by atoms with Crippen LogP contribution in [-0.4, -0.2) is 93.7 Å². The van der Waals surface area contributed by atoms with Crippen molar-refractivity contribution in [3.05, 3.63) is 84.2 Å². The number of carbonyl (C=O) groups is 4. The van der Waals surface area contributed by atoms with Crippen LogP contribution < -0.4 is 10.7 Å². The molecule has 0 spiro atoms. The predicted molar refractivity (Wildman–Crippen MR) is 222 cm³/mol. The highest BCUT2D eigenvalue weighted by Crippen LogP contribution is 2.41. The minimum absolute atomic E-state index is 0.00236. The van der Waals surface area contributed by atoms with Gasteiger partial charge in [-0.2, -0.15) is 0 Å². The SMILES string of the molecule is C=CC(=O)N(C)[C@H](C(=O)N[C@H]1Cc2cc(O)cc(c2)-c2ccc3c(c2)c(c(-c2cccnc2COC)n3CC)CC(C)(C)COC(=O)[C@@H]2CCCN(N2)C1=O)C(C)C. The second-order valence-corrected chi connectivity index (χ2v) is 16.5. The highest BCUT2D eigenvalue weighted by Gasteiger charge is 2.37. The van der Waals surface area contributed by atoms with E-state index in [0.717, 1.165) is 50.6 Å². The number of carbonyl (C=O) groups excluding carboxylic acids is 4. The van der Waals surface area contributed by atoms with Crippen molar-refractivity contribution in [3.63, 3.8) is 0 Å². The standard InChI is InChI=1S/C45H56N6O7/c1-9-39(53)49(7)40(27(3)4)42(54)47-36-21-28-19-30(22-31(52)20-28)29-15-16-38-33(23-29)34(41(50(38)10-2)32-13-11-17-46-37(32)25-57-8)24-45(5,6)26-58-44(56)35-14-12-18-51(48-35)43(36)55/h9,11,13,15-17,19-20,22-23,27,35-36,40,48,52H,1,10,12,14,18,21,24-26H2,2-8H3,(H,47,54)/t35-,36-,40-/m0/s1. The summed E-state index contributed by atoms with van der Waals surface area (Å²) < 4.78 is 13.9. The van der Waals surface area contributed by atoms with Crippen LogP contribution in [0.1, 0.15) is 64.3 Å². The molecule has 0 radical (unpaired) electrons. The van der Waals surface area contributed by atoms with Crippen LogP contribution in [0, 0.1) is 11.3 Å². The number of cyclic esters (lactones) is 1. The first kappa shape index (κ1) is 42.1. The number of amides is 3. The molecule has 0 aliphatic carbocycles. The highest BCUT2D eigenvalue weighted by atomic mass is 16.5. The maximum atomic E-state index is 14.4. The number of methoxy groups -OCH3 is 1. The maximum Gasteiger partial charge on any atom is 0.324 e. The second-order valence-electron chi connectivity index (χ2n) is 16.5. The van der Waals surface area contributed by atoms with E-state index >= 15 is 0 Å². The number of fused-ring (bicyclic) bond motifs is 6. The zero-order chi connectivity index (χ0) is 41.9. The molecule has 308 valence electrons. The Kier molecular flexibility index (Phi) is 12.7. The van der Waals surface area contributed by atoms with Crippen molar-refractivity contribution in [1.82, 2.24) is 30.2 Å². The van der Waals surface area contributed by atoms with E-state index in [0.29, 0.717) is 44.5 Å². The molecule has 3 N–H and O–H groups in total. The number of pyridine rings is 1. The molecule has 0 saturated carbocycles. The van der Waals surface area contributed by atoms with Gasteiger partial charge in [0.15, 0.2) is 0 Å². The first-order valence-corrected chi connectivity index (χ1v) is 20.0. The molecule has 4 heterocycles. The van der Waals surface area contributed by atoms with Crippen LogP contribution in [0.2, 0.25) is 0 Å². The van der Waals surface area contributed by atoms with E-state index in [4.69, 9.17) is 14.5 Å². The molecule has 2 aliphatic heterocycles. The number of hydrazine groups is 1. The third kappa shape index (κ3) is 8.80. The van der Waals surface area contributed by atoms with Crippen LogP contribution in [0.4, 0.5) is 0 Å². The van der Waals surface area contributed by atoms with Crippen molar-refractivity contribution in [1.29, 1.82) is 0 Å². The number of nitrogens with zero attached hydrogens (tertiary/aromatic N) is 4. The quantitative estimate of drug-likeness (QED) is 0.146. The normalized spacial score (nSPS) is 19.0. The average molecular weight is 793 g/mol. The van der Waals surface area contributed by atoms with Gasteiger partial charge in [0.25, 0.3) is 5.91 Å². The number of likely N-dealkylation sites (N-methyl/N-ethyl adjacent to an activating group) is 1. The largest absolute Gasteiger partial charge is 0.508 e. The minimum atomic E-state index is -1.12. The van der Waals surface area contributed by atoms with Crippen molar-refractivity contribution in [2.24, 2.45) is 11.3 Å². The van der Waals surface area contributed by atoms with E-state index in [-0.39, 0.29) is 24.7 Å². The molecule has 13 nitrogen and oxygen atoms in total. The van der Waals surface area contributed by atoms with Crippen molar-refractivity contribution >= 4 is 34.6 Å². The summed E-state index contributed by atoms with van der Waals surface area (Å²) in [6, 6.07) is 12.6. The number of ether oxygens (including phenoxy) is 2. The fourth-order valence-corrected chi connectivity index (χ4v) is 8.38. The number of nitrogens with one attached hydrogen (secondary N) is 2. The average Bonchev–Trinajstić information content (AvgIpc) is 3.50. The van der Waals surface area contributed by atoms with E-state index in [1.165, 1.54) is 17.0 Å². The fraction of sp³-hybridized carbons (Fsp3) is 0.444. The number of hydrogen-bond donors (Lipinski definition) is 3. The van der Waals surface area contributed by atoms with Crippen molar-refractivity contribution in [3.8, 4) is 28.1 Å². The van der Waals surface area contributed by atoms with Crippen molar-refractivity contribution in [2.45, 2.75) is 91.6 Å². The van der Waals surface area contributed by atoms with E-state index in [1.807, 2.05) is 32.0 Å². The van der Waals surface area contributed by atoms with Crippen LogP contribution in [0.15, 0.2) is 67.4 Å². The maximum absolute atomic E-state index is 14.4. The van der Waals surface area contributed by atoms with Gasteiger partial charge in [0.2, 0.25) is 11.8 Å². The van der Waals surface area contributed by atoms with E-state index in [2.05, 4.69) is 60.9 Å². The molecule has 4 aromatic rings. The Balaban J connectivity index is 1.52. The van der Waals surface area contributed by atoms with E-state index < -0.39 is 47.2 Å². The Morgan fingerprint density at radius 3 is 2.66 bits per heavy atom. The Morgan fingerprint density at radius 1 is 1.17 bits per heavy atom. The first-order chi connectivity index (χ1) is 27.7. The summed E-state index contributed by atoms with van der Waals surface area (Å²) in [6.45, 7) is 14.9. The molecule has 1 fully saturated rings. The number of esters is 1. The number of rotatable bonds is 9. The highest BCUT2D eigenvalue weighted by molar-refractivity contribution is 5.96. The number of phenols is 1. The van der Waals surface area contributed by atoms with Gasteiger partial charge in [-0.3, -0.25) is 29.2 Å². The lowest BCUT2D eigenvalue weighted by Gasteiger charge is -2.36. The smallest absolute Gasteiger partial charge is 0.324 e. The molecule has 3 amide bonds. The summed E-state index contributed by atoms with van der Waals surface area (Å²) in [5.41, 5.74) is 9.63. The number of hydrogen-bond acceptors (Lipinski definition) is 9. The molecule has 1 saturated heterocycles. The molecule has 6 rings (SSSR count). The van der Waals surface area contributed by atoms with Crippen LogP contribution in [-0.2, 0) is 54.6 Å². The summed E-state index contributed by atoms with van der Waals surface area (Å²) in [6.07, 6.45) is 4.47. The van der Waals surface area contributed by atoms with Crippen LogP contribution in [0.5, 0.6) is 5.75 Å². The molecule has 3 atom stereocenters. The van der Waals surface area contributed by atoms with Crippen LogP contribution in [0.3, 0.4) is 0 Å². The van der Waals surface area contributed by atoms with Gasteiger partial charge in [0, 0.05) is 61.7 Å². The number of aromatic hydroxyl groups is 1. The molecule has 2 aromatic carbocycles. The van der Waals surface area contributed by atoms with Crippen LogP contribution >= 0.6 is 0 Å². The van der Waals surface area contributed by atoms with Crippen molar-refractivity contribution in [2.75, 3.05) is 27.3 Å². The Hall–Kier alpha value is -5.53. The summed E-state index contributed by atoms with van der Waals surface area (Å²) in [5.74, 6) is -2.16. The summed E-state index contributed by atoms with van der Waals surface area (Å²) in [7, 11) is 3.18. The summed E-state index contributed by atoms with van der Waals surface area (Å²) >= 11 is 0. The minimum Gasteiger partial charge on any atom is -0.508 e. The molecule has 2 aliphatic rings. The lowest BCUT2D eigenvalue weighted by molar-refractivity contribution is -0.155. The molecule has 0 unspecified atom stereocenters. The monoisotopic (exact) mass is 792 g/mol. The van der Waals surface area contributed by atoms with Crippen molar-refractivity contribution < 1.29 is 33.8 Å². The molecular formula is C45H56N6O7. The van der Waals surface area contributed by atoms with Gasteiger partial charge >= 0.3 is 5.97 Å². The van der Waals surface area contributed by atoms with Gasteiger partial charge in [-0.05, 0) is 96.8 Å². The van der Waals surface area contributed by atoms with Gasteiger partial charge in [-0.25, -0.2) is 5.43 Å². The predicted octanol–water partition coefficient (Wildman–Crippen LogP) is 5.56. The zero-order valence-electron chi connectivity index (χ0n) is 34.6. The van der Waals surface area contributed by atoms with Gasteiger partial charge in [-0.1, -0.05) is 46.4 Å². The third-order valence-electron chi connectivity index (χ3n) is 11.1. The van der Waals surface area contributed by atoms with Gasteiger partial charge < -0.3 is 29.4 Å². The van der Waals surface area contributed by atoms with Gasteiger partial charge in [0.1, 0.15) is 23.9 Å². The Bertz CT molecular complexity index is 2210. The van der Waals surface area contributed by atoms with E-state index in [9.17, 15) is 24.3 Å². The summed E-state index contributed by atoms with van der Waals surface area (Å²) in [5, 5.41) is 16.5. The fourth-order valence-electron chi connectivity index (χ4n) is 8.38. The second kappa shape index (κ2) is 17.5. The number of phenolic OH excluding ortho intramolecular Hbond substituents is 1. The lowest BCUT2D eigenvalue weighted by Crippen LogP contribution is -2.62. The van der Waals surface area contributed by atoms with Gasteiger partial charge in [-0.15, -0.1) is 0 Å². The van der Waals surface area contributed by atoms with E-state index in [1.54, 1.807) is 25.4 Å². The number of aryl methyl sites for hydroxylation is 1. The first-order valence-electron chi connectivity index (χ1n) is 20.0. The Labute approximate surface area is 340 Å². The van der Waals surface area contributed by atoms with Gasteiger partial charge in [0.05, 0.1) is 24.6 Å². The molecular weight excluding hydrogens is 737 g/mol. The topological polar surface area (TPSA) is 155 Å². The number of benzene rings is 2. The Morgan fingerprint density at radius 2 is 1.95 bits per heavy atom. The zero-order valence-corrected chi connectivity index (χ0v) is 34.6. The summed E-state index contributed by atoms with van der Waals surface area (Å²) in [4.78, 5) is 60.9. The molecule has 13 heteroatoms. The molecule has 58 heavy (non-hydrogen) atoms. The lowest BCUT2D eigenvalue weighted by atomic mass is 9.84. The number of aromatic nitrogens is 2.